The number of thiazole rings is 1. The van der Waals surface area contributed by atoms with E-state index in [0.29, 0.717) is 26.1 Å². The molecule has 0 radical (unpaired) electrons. The Morgan fingerprint density at radius 1 is 1.24 bits per heavy atom. The quantitative estimate of drug-likeness (QED) is 0.325. The van der Waals surface area contributed by atoms with Crippen molar-refractivity contribution in [3.8, 4) is 22.8 Å². The Morgan fingerprint density at radius 2 is 2.07 bits per heavy atom. The molecule has 10 heteroatoms. The number of aliphatic carboxylic acids is 1. The number of carboxylic acids is 1. The van der Waals surface area contributed by atoms with Crippen molar-refractivity contribution in [1.82, 2.24) is 9.88 Å². The summed E-state index contributed by atoms with van der Waals surface area (Å²) >= 11 is 1.55. The maximum atomic E-state index is 11.6. The van der Waals surface area contributed by atoms with Crippen molar-refractivity contribution in [3.05, 3.63) is 58.0 Å². The molecule has 0 saturated carbocycles. The number of hydrogen-bond acceptors (Lipinski definition) is 9. The summed E-state index contributed by atoms with van der Waals surface area (Å²) in [6, 6.07) is 10.5. The van der Waals surface area contributed by atoms with Crippen LogP contribution < -0.4 is 14.4 Å². The molecule has 2 aromatic carbocycles. The molecule has 0 aliphatic carbocycles. The average Bonchev–Trinajstić information content (AvgIpc) is 3.50. The van der Waals surface area contributed by atoms with E-state index in [1.165, 1.54) is 11.1 Å². The van der Waals surface area contributed by atoms with Gasteiger partial charge < -0.3 is 29.3 Å². The average molecular weight is 596 g/mol. The van der Waals surface area contributed by atoms with Gasteiger partial charge in [-0.3, -0.25) is 9.69 Å². The maximum Gasteiger partial charge on any atom is 0.309 e. The van der Waals surface area contributed by atoms with Gasteiger partial charge in [-0.2, -0.15) is 0 Å². The first-order valence-electron chi connectivity index (χ1n) is 14.6. The number of carboxylic acid groups (broad SMARTS) is 1. The second kappa shape index (κ2) is 13.4. The summed E-state index contributed by atoms with van der Waals surface area (Å²) in [5, 5.41) is 22.2. The number of benzene rings is 2. The molecule has 9 nitrogen and oxygen atoms in total. The molecule has 3 heterocycles. The maximum absolute atomic E-state index is 11.6. The number of aromatic nitrogens is 1. The molecule has 42 heavy (non-hydrogen) atoms. The predicted molar refractivity (Wildman–Crippen MR) is 164 cm³/mol. The zero-order valence-electron chi connectivity index (χ0n) is 24.8. The number of rotatable bonds is 11. The molecule has 1 aromatic heterocycles. The molecule has 226 valence electrons. The molecular formula is C32H41N3O6S. The summed E-state index contributed by atoms with van der Waals surface area (Å²) in [7, 11) is 3.28. The minimum absolute atomic E-state index is 0.162. The summed E-state index contributed by atoms with van der Waals surface area (Å²) in [6.07, 6.45) is 1.96. The van der Waals surface area contributed by atoms with Gasteiger partial charge in [0.2, 0.25) is 0 Å². The highest BCUT2D eigenvalue weighted by Gasteiger charge is 2.35. The molecule has 1 saturated heterocycles. The lowest BCUT2D eigenvalue weighted by Crippen LogP contribution is -2.47. The van der Waals surface area contributed by atoms with Crippen molar-refractivity contribution in [1.29, 1.82) is 0 Å². The number of piperidine rings is 1. The number of aliphatic hydroxyl groups is 1. The lowest BCUT2D eigenvalue weighted by molar-refractivity contribution is -0.147. The molecule has 0 amide bonds. The Balaban J connectivity index is 1.33. The van der Waals surface area contributed by atoms with Gasteiger partial charge in [0, 0.05) is 55.8 Å². The lowest BCUT2D eigenvalue weighted by Gasteiger charge is -2.35. The number of aliphatic hydroxyl groups excluding tert-OH is 1. The zero-order valence-corrected chi connectivity index (χ0v) is 25.7. The second-order valence-electron chi connectivity index (χ2n) is 11.1. The molecule has 2 aliphatic rings. The largest absolute Gasteiger partial charge is 0.496 e. The zero-order chi connectivity index (χ0) is 29.8. The molecule has 0 unspecified atom stereocenters. The number of aryl methyl sites for hydroxylation is 1. The van der Waals surface area contributed by atoms with Crippen LogP contribution in [0.3, 0.4) is 0 Å². The summed E-state index contributed by atoms with van der Waals surface area (Å²) in [5.41, 5.74) is 6.30. The number of ether oxygens (including phenoxy) is 3. The molecule has 0 bridgehead atoms. The number of nitrogens with zero attached hydrogens (tertiary/aromatic N) is 3. The van der Waals surface area contributed by atoms with Crippen molar-refractivity contribution in [2.24, 2.45) is 5.92 Å². The van der Waals surface area contributed by atoms with E-state index in [9.17, 15) is 15.0 Å². The number of fused-ring (bicyclic) bond motifs is 1. The standard InChI is InChI=1S/C32H41N3O6S/c1-5-23(17-36)34-11-9-22-13-21(14-28(39-3)26(22)15-34)18-41-30-20(2)7-6-8-24(30)27-19-42-32(33-27)35-12-10-25(31(37)38)29(16-35)40-4/h6-8,13-14,19,23,25,29,36H,5,9-12,15-18H2,1-4H3,(H,37,38)/t23-,25+,29-/m0/s1. The fraction of sp³-hybridized carbons (Fsp3) is 0.500. The van der Waals surface area contributed by atoms with Crippen LogP contribution in [0.4, 0.5) is 5.13 Å². The van der Waals surface area contributed by atoms with Crippen molar-refractivity contribution in [3.63, 3.8) is 0 Å². The monoisotopic (exact) mass is 595 g/mol. The van der Waals surface area contributed by atoms with Gasteiger partial charge in [-0.1, -0.05) is 25.1 Å². The van der Waals surface area contributed by atoms with E-state index in [0.717, 1.165) is 64.9 Å². The predicted octanol–water partition coefficient (Wildman–Crippen LogP) is 4.76. The molecule has 2 N–H and O–H groups in total. The summed E-state index contributed by atoms with van der Waals surface area (Å²) < 4.78 is 17.8. The van der Waals surface area contributed by atoms with Crippen LogP contribution in [0, 0.1) is 12.8 Å². The Labute approximate surface area is 251 Å². The summed E-state index contributed by atoms with van der Waals surface area (Å²) in [4.78, 5) is 21.0. The van der Waals surface area contributed by atoms with Crippen LogP contribution >= 0.6 is 11.3 Å². The Morgan fingerprint density at radius 3 is 2.79 bits per heavy atom. The van der Waals surface area contributed by atoms with Gasteiger partial charge in [0.1, 0.15) is 18.1 Å². The van der Waals surface area contributed by atoms with E-state index in [1.807, 2.05) is 30.5 Å². The molecule has 5 rings (SSSR count). The Kier molecular flexibility index (Phi) is 9.67. The highest BCUT2D eigenvalue weighted by molar-refractivity contribution is 7.14. The van der Waals surface area contributed by atoms with Gasteiger partial charge in [0.15, 0.2) is 5.13 Å². The minimum atomic E-state index is -0.812. The fourth-order valence-corrected chi connectivity index (χ4v) is 7.00. The lowest BCUT2D eigenvalue weighted by atomic mass is 9.94. The van der Waals surface area contributed by atoms with E-state index in [4.69, 9.17) is 19.2 Å². The van der Waals surface area contributed by atoms with Crippen molar-refractivity contribution in [2.75, 3.05) is 45.4 Å². The third kappa shape index (κ3) is 6.27. The molecule has 0 spiro atoms. The summed E-state index contributed by atoms with van der Waals surface area (Å²) in [5.74, 6) is 0.342. The van der Waals surface area contributed by atoms with Crippen LogP contribution in [0.5, 0.6) is 11.5 Å². The smallest absolute Gasteiger partial charge is 0.309 e. The van der Waals surface area contributed by atoms with Gasteiger partial charge in [-0.05, 0) is 55.0 Å². The van der Waals surface area contributed by atoms with E-state index >= 15 is 0 Å². The molecular weight excluding hydrogens is 554 g/mol. The minimum Gasteiger partial charge on any atom is -0.496 e. The Hall–Kier alpha value is -3.18. The van der Waals surface area contributed by atoms with E-state index < -0.39 is 11.9 Å². The second-order valence-corrected chi connectivity index (χ2v) is 11.9. The Bertz CT molecular complexity index is 1370. The van der Waals surface area contributed by atoms with E-state index in [2.05, 4.69) is 28.9 Å². The first-order valence-corrected chi connectivity index (χ1v) is 15.5. The third-order valence-electron chi connectivity index (χ3n) is 8.62. The van der Waals surface area contributed by atoms with E-state index in [1.54, 1.807) is 25.6 Å². The molecule has 2 aliphatic heterocycles. The van der Waals surface area contributed by atoms with Gasteiger partial charge in [-0.25, -0.2) is 4.98 Å². The van der Waals surface area contributed by atoms with E-state index in [-0.39, 0.29) is 18.8 Å². The third-order valence-corrected chi connectivity index (χ3v) is 9.52. The molecule has 3 atom stereocenters. The number of anilines is 1. The topological polar surface area (TPSA) is 105 Å². The van der Waals surface area contributed by atoms with Crippen LogP contribution in [0.1, 0.15) is 42.0 Å². The van der Waals surface area contributed by atoms with Crippen LogP contribution in [0.25, 0.3) is 11.3 Å². The van der Waals surface area contributed by atoms with Crippen molar-refractivity contribution >= 4 is 22.4 Å². The fourth-order valence-electron chi connectivity index (χ4n) is 6.14. The van der Waals surface area contributed by atoms with Gasteiger partial charge >= 0.3 is 5.97 Å². The number of hydrogen-bond donors (Lipinski definition) is 2. The van der Waals surface area contributed by atoms with Crippen molar-refractivity contribution < 1.29 is 29.2 Å². The normalized spacial score (nSPS) is 19.8. The van der Waals surface area contributed by atoms with Crippen LogP contribution in [0.15, 0.2) is 35.7 Å². The summed E-state index contributed by atoms with van der Waals surface area (Å²) in [6.45, 7) is 7.51. The van der Waals surface area contributed by atoms with Gasteiger partial charge in [0.25, 0.3) is 0 Å². The number of carbonyl (C=O) groups is 1. The highest BCUT2D eigenvalue weighted by Crippen LogP contribution is 2.38. The number of methoxy groups -OCH3 is 2. The van der Waals surface area contributed by atoms with Crippen molar-refractivity contribution in [2.45, 2.75) is 58.4 Å². The van der Waals surface area contributed by atoms with Crippen LogP contribution in [0.2, 0.25) is 0 Å². The van der Waals surface area contributed by atoms with Gasteiger partial charge in [-0.15, -0.1) is 11.3 Å². The molecule has 1 fully saturated rings. The number of para-hydroxylation sites is 1. The first kappa shape index (κ1) is 30.3. The molecule has 3 aromatic rings. The van der Waals surface area contributed by atoms with Crippen LogP contribution in [-0.2, 0) is 29.1 Å². The highest BCUT2D eigenvalue weighted by atomic mass is 32.1. The van der Waals surface area contributed by atoms with Gasteiger partial charge in [0.05, 0.1) is 31.4 Å². The van der Waals surface area contributed by atoms with Crippen LogP contribution in [-0.4, -0.2) is 78.7 Å². The SMILES string of the molecule is CC[C@@H](CO)N1CCc2cc(COc3c(C)cccc3-c3csc(N4CC[C@@H](C(=O)O)[C@@H](OC)C4)n3)cc(OC)c2C1. The first-order chi connectivity index (χ1) is 20.4.